The van der Waals surface area contributed by atoms with Gasteiger partial charge in [-0.2, -0.15) is 0 Å². The molecule has 1 aromatic carbocycles. The second-order valence-electron chi connectivity index (χ2n) is 6.42. The standard InChI is InChI=1S/C19H22N2O4S/c1-3-25-15-8-4-13(5-9-15)17-20-16(11-26-17)18(22)21(14-6-7-14)10-12(2)19(23)24/h4-5,8-9,11-12,14H,3,6-7,10H2,1-2H3,(H,23,24). The van der Waals surface area contributed by atoms with Crippen molar-refractivity contribution >= 4 is 23.2 Å². The summed E-state index contributed by atoms with van der Waals surface area (Å²) in [5, 5.41) is 11.6. The number of hydrogen-bond acceptors (Lipinski definition) is 5. The van der Waals surface area contributed by atoms with E-state index in [0.717, 1.165) is 29.2 Å². The molecule has 138 valence electrons. The van der Waals surface area contributed by atoms with Crippen LogP contribution in [-0.4, -0.2) is 46.1 Å². The molecule has 7 heteroatoms. The molecule has 0 bridgehead atoms. The number of carboxylic acid groups (broad SMARTS) is 1. The molecule has 1 aliphatic carbocycles. The molecule has 1 atom stereocenters. The molecule has 1 fully saturated rings. The van der Waals surface area contributed by atoms with Crippen molar-refractivity contribution in [1.82, 2.24) is 9.88 Å². The maximum Gasteiger partial charge on any atom is 0.308 e. The highest BCUT2D eigenvalue weighted by atomic mass is 32.1. The number of carboxylic acids is 1. The molecule has 0 aliphatic heterocycles. The molecule has 2 aromatic rings. The zero-order chi connectivity index (χ0) is 18.7. The molecule has 3 rings (SSSR count). The van der Waals surface area contributed by atoms with Gasteiger partial charge in [0.25, 0.3) is 5.91 Å². The lowest BCUT2D eigenvalue weighted by molar-refractivity contribution is -0.141. The van der Waals surface area contributed by atoms with E-state index in [1.165, 1.54) is 11.3 Å². The number of rotatable bonds is 8. The third-order valence-electron chi connectivity index (χ3n) is 4.28. The van der Waals surface area contributed by atoms with Crippen LogP contribution in [0.2, 0.25) is 0 Å². The van der Waals surface area contributed by atoms with Crippen LogP contribution in [0.1, 0.15) is 37.2 Å². The van der Waals surface area contributed by atoms with Crippen LogP contribution in [0, 0.1) is 5.92 Å². The summed E-state index contributed by atoms with van der Waals surface area (Å²) in [5.74, 6) is -0.874. The lowest BCUT2D eigenvalue weighted by atomic mass is 10.1. The molecule has 0 radical (unpaired) electrons. The Hall–Kier alpha value is -2.41. The summed E-state index contributed by atoms with van der Waals surface area (Å²) in [4.78, 5) is 30.1. The molecular weight excluding hydrogens is 352 g/mol. The Kier molecular flexibility index (Phi) is 5.56. The highest BCUT2D eigenvalue weighted by Crippen LogP contribution is 2.31. The number of amides is 1. The quantitative estimate of drug-likeness (QED) is 0.764. The van der Waals surface area contributed by atoms with Crippen LogP contribution in [-0.2, 0) is 4.79 Å². The Labute approximate surface area is 156 Å². The minimum Gasteiger partial charge on any atom is -0.494 e. The first-order chi connectivity index (χ1) is 12.5. The molecule has 1 aliphatic rings. The van der Waals surface area contributed by atoms with E-state index in [4.69, 9.17) is 9.84 Å². The average Bonchev–Trinajstić information content (AvgIpc) is 3.35. The highest BCUT2D eigenvalue weighted by molar-refractivity contribution is 7.13. The summed E-state index contributed by atoms with van der Waals surface area (Å²) in [6, 6.07) is 7.74. The van der Waals surface area contributed by atoms with Gasteiger partial charge in [0.15, 0.2) is 0 Å². The van der Waals surface area contributed by atoms with E-state index >= 15 is 0 Å². The first-order valence-electron chi connectivity index (χ1n) is 8.72. The van der Waals surface area contributed by atoms with Crippen LogP contribution < -0.4 is 4.74 Å². The largest absolute Gasteiger partial charge is 0.494 e. The topological polar surface area (TPSA) is 79.7 Å². The summed E-state index contributed by atoms with van der Waals surface area (Å²) >= 11 is 1.41. The molecule has 1 unspecified atom stereocenters. The smallest absolute Gasteiger partial charge is 0.308 e. The first kappa shape index (κ1) is 18.4. The van der Waals surface area contributed by atoms with E-state index in [9.17, 15) is 9.59 Å². The van der Waals surface area contributed by atoms with Crippen molar-refractivity contribution in [3.63, 3.8) is 0 Å². The summed E-state index contributed by atoms with van der Waals surface area (Å²) in [7, 11) is 0. The van der Waals surface area contributed by atoms with E-state index in [2.05, 4.69) is 4.98 Å². The van der Waals surface area contributed by atoms with Crippen molar-refractivity contribution in [3.8, 4) is 16.3 Å². The van der Waals surface area contributed by atoms with Gasteiger partial charge in [-0.15, -0.1) is 11.3 Å². The zero-order valence-corrected chi connectivity index (χ0v) is 15.7. The van der Waals surface area contributed by atoms with Gasteiger partial charge in [-0.05, 0) is 44.0 Å². The van der Waals surface area contributed by atoms with Gasteiger partial charge in [0.05, 0.1) is 12.5 Å². The van der Waals surface area contributed by atoms with E-state index in [1.54, 1.807) is 17.2 Å². The third-order valence-corrected chi connectivity index (χ3v) is 5.17. The van der Waals surface area contributed by atoms with E-state index in [1.807, 2.05) is 31.2 Å². The lowest BCUT2D eigenvalue weighted by Gasteiger charge is -2.23. The van der Waals surface area contributed by atoms with Crippen molar-refractivity contribution in [3.05, 3.63) is 35.3 Å². The molecule has 1 heterocycles. The lowest BCUT2D eigenvalue weighted by Crippen LogP contribution is -2.38. The molecule has 1 aromatic heterocycles. The Morgan fingerprint density at radius 3 is 2.62 bits per heavy atom. The molecule has 6 nitrogen and oxygen atoms in total. The zero-order valence-electron chi connectivity index (χ0n) is 14.8. The number of benzene rings is 1. The van der Waals surface area contributed by atoms with Crippen LogP contribution in [0.15, 0.2) is 29.6 Å². The maximum atomic E-state index is 12.8. The summed E-state index contributed by atoms with van der Waals surface area (Å²) in [6.07, 6.45) is 1.85. The van der Waals surface area contributed by atoms with Gasteiger partial charge >= 0.3 is 5.97 Å². The fourth-order valence-corrected chi connectivity index (χ4v) is 3.47. The second-order valence-corrected chi connectivity index (χ2v) is 7.28. The summed E-state index contributed by atoms with van der Waals surface area (Å²) < 4.78 is 5.44. The molecule has 0 saturated heterocycles. The predicted molar refractivity (Wildman–Crippen MR) is 99.6 cm³/mol. The Balaban J connectivity index is 1.75. The minimum atomic E-state index is -0.892. The third kappa shape index (κ3) is 4.22. The Bertz CT molecular complexity index is 783. The number of nitrogens with zero attached hydrogens (tertiary/aromatic N) is 2. The second kappa shape index (κ2) is 7.86. The van der Waals surface area contributed by atoms with E-state index in [-0.39, 0.29) is 18.5 Å². The van der Waals surface area contributed by atoms with Crippen LogP contribution in [0.5, 0.6) is 5.75 Å². The van der Waals surface area contributed by atoms with Crippen LogP contribution >= 0.6 is 11.3 Å². The highest BCUT2D eigenvalue weighted by Gasteiger charge is 2.35. The van der Waals surface area contributed by atoms with Gasteiger partial charge in [0.1, 0.15) is 16.5 Å². The monoisotopic (exact) mass is 374 g/mol. The predicted octanol–water partition coefficient (Wildman–Crippen LogP) is 3.53. The minimum absolute atomic E-state index is 0.139. The van der Waals surface area contributed by atoms with Gasteiger partial charge in [-0.25, -0.2) is 4.98 Å². The number of aliphatic carboxylic acids is 1. The molecule has 1 amide bonds. The fraction of sp³-hybridized carbons (Fsp3) is 0.421. The SMILES string of the molecule is CCOc1ccc(-c2nc(C(=O)N(CC(C)C(=O)O)C3CC3)cs2)cc1. The summed E-state index contributed by atoms with van der Waals surface area (Å²) in [6.45, 7) is 4.39. The Morgan fingerprint density at radius 1 is 1.35 bits per heavy atom. The van der Waals surface area contributed by atoms with Crippen LogP contribution in [0.4, 0.5) is 0 Å². The number of ether oxygens (including phenoxy) is 1. The number of hydrogen-bond donors (Lipinski definition) is 1. The molecule has 0 spiro atoms. The van der Waals surface area contributed by atoms with Crippen molar-refractivity contribution in [2.75, 3.05) is 13.2 Å². The van der Waals surface area contributed by atoms with Gasteiger partial charge in [-0.3, -0.25) is 9.59 Å². The summed E-state index contributed by atoms with van der Waals surface area (Å²) in [5.41, 5.74) is 1.30. The Morgan fingerprint density at radius 2 is 2.04 bits per heavy atom. The van der Waals surface area contributed by atoms with Crippen LogP contribution in [0.3, 0.4) is 0 Å². The number of aromatic nitrogens is 1. The molecule has 1 N–H and O–H groups in total. The molecule has 26 heavy (non-hydrogen) atoms. The van der Waals surface area contributed by atoms with Crippen molar-refractivity contribution in [2.45, 2.75) is 32.7 Å². The van der Waals surface area contributed by atoms with E-state index in [0.29, 0.717) is 12.3 Å². The van der Waals surface area contributed by atoms with Gasteiger partial charge in [0, 0.05) is 23.5 Å². The number of carbonyl (C=O) groups is 2. The van der Waals surface area contributed by atoms with E-state index < -0.39 is 11.9 Å². The number of thiazole rings is 1. The van der Waals surface area contributed by atoms with Crippen LogP contribution in [0.25, 0.3) is 10.6 Å². The molecule has 1 saturated carbocycles. The maximum absolute atomic E-state index is 12.8. The normalized spacial score (nSPS) is 14.7. The van der Waals surface area contributed by atoms with Crippen molar-refractivity contribution in [2.24, 2.45) is 5.92 Å². The fourth-order valence-electron chi connectivity index (χ4n) is 2.67. The van der Waals surface area contributed by atoms with Gasteiger partial charge < -0.3 is 14.7 Å². The number of carbonyl (C=O) groups excluding carboxylic acids is 1. The molecular formula is C19H22N2O4S. The van der Waals surface area contributed by atoms with Gasteiger partial charge in [-0.1, -0.05) is 6.92 Å². The van der Waals surface area contributed by atoms with Crippen molar-refractivity contribution in [1.29, 1.82) is 0 Å². The van der Waals surface area contributed by atoms with Gasteiger partial charge in [0.2, 0.25) is 0 Å². The average molecular weight is 374 g/mol. The van der Waals surface area contributed by atoms with Crippen molar-refractivity contribution < 1.29 is 19.4 Å². The first-order valence-corrected chi connectivity index (χ1v) is 9.60.